The summed E-state index contributed by atoms with van der Waals surface area (Å²) in [5, 5.41) is 0. The van der Waals surface area contributed by atoms with Crippen molar-refractivity contribution in [2.24, 2.45) is 0 Å². The summed E-state index contributed by atoms with van der Waals surface area (Å²) < 4.78 is 0. The van der Waals surface area contributed by atoms with Gasteiger partial charge in [0.15, 0.2) is 0 Å². The Kier molecular flexibility index (Phi) is 2.26. The first-order valence-electron chi connectivity index (χ1n) is 3.55. The molecule has 2 N–H and O–H groups in total. The van der Waals surface area contributed by atoms with E-state index in [4.69, 9.17) is 5.73 Å². The Bertz CT molecular complexity index is 266. The van der Waals surface area contributed by atoms with Crippen molar-refractivity contribution in [2.45, 2.75) is 13.3 Å². The van der Waals surface area contributed by atoms with Crippen LogP contribution in [0, 0.1) is 6.92 Å². The molecule has 0 spiro atoms. The molecule has 1 heterocycles. The normalized spacial score (nSPS) is 9.55. The lowest BCUT2D eigenvalue weighted by atomic mass is 10.1. The van der Waals surface area contributed by atoms with Gasteiger partial charge in [-0.05, 0) is 24.5 Å². The average molecular weight is 148 g/mol. The van der Waals surface area contributed by atoms with Gasteiger partial charge in [0.2, 0.25) is 0 Å². The highest BCUT2D eigenvalue weighted by Crippen LogP contribution is 2.13. The van der Waals surface area contributed by atoms with Crippen molar-refractivity contribution in [3.05, 3.63) is 36.2 Å². The van der Waals surface area contributed by atoms with Crippen LogP contribution < -0.4 is 5.73 Å². The van der Waals surface area contributed by atoms with E-state index in [0.717, 1.165) is 23.2 Å². The number of nitrogen functional groups attached to an aromatic ring is 1. The number of hydrogen-bond acceptors (Lipinski definition) is 2. The van der Waals surface area contributed by atoms with Gasteiger partial charge in [-0.15, -0.1) is 6.58 Å². The Morgan fingerprint density at radius 1 is 1.64 bits per heavy atom. The molecule has 11 heavy (non-hydrogen) atoms. The van der Waals surface area contributed by atoms with E-state index in [1.165, 1.54) is 0 Å². The minimum absolute atomic E-state index is 0.754. The van der Waals surface area contributed by atoms with Crippen LogP contribution in [0.3, 0.4) is 0 Å². The molecule has 0 aliphatic rings. The fourth-order valence-corrected chi connectivity index (χ4v) is 0.948. The van der Waals surface area contributed by atoms with E-state index < -0.39 is 0 Å². The lowest BCUT2D eigenvalue weighted by Crippen LogP contribution is -1.95. The number of nitrogens with two attached hydrogens (primary N) is 1. The summed E-state index contributed by atoms with van der Waals surface area (Å²) in [5.74, 6) is 0. The number of nitrogens with zero attached hydrogens (tertiary/aromatic N) is 1. The van der Waals surface area contributed by atoms with Crippen molar-refractivity contribution in [2.75, 3.05) is 5.73 Å². The monoisotopic (exact) mass is 148 g/mol. The van der Waals surface area contributed by atoms with Gasteiger partial charge < -0.3 is 5.73 Å². The first-order chi connectivity index (χ1) is 5.25. The van der Waals surface area contributed by atoms with Crippen LogP contribution in [0.1, 0.15) is 11.1 Å². The molecule has 0 radical (unpaired) electrons. The Morgan fingerprint density at radius 2 is 2.36 bits per heavy atom. The molecule has 0 unspecified atom stereocenters. The smallest absolute Gasteiger partial charge is 0.0533 e. The number of pyridine rings is 1. The highest BCUT2D eigenvalue weighted by Gasteiger charge is 1.98. The summed E-state index contributed by atoms with van der Waals surface area (Å²) in [6, 6.07) is 0. The van der Waals surface area contributed by atoms with E-state index in [0.29, 0.717) is 0 Å². The summed E-state index contributed by atoms with van der Waals surface area (Å²) in [5.41, 5.74) is 8.67. The largest absolute Gasteiger partial charge is 0.397 e. The molecule has 58 valence electrons. The molecular weight excluding hydrogens is 136 g/mol. The van der Waals surface area contributed by atoms with E-state index in [1.54, 1.807) is 6.20 Å². The SMILES string of the molecule is C=CCc1cncc(N)c1C. The highest BCUT2D eigenvalue weighted by atomic mass is 14.7. The lowest BCUT2D eigenvalue weighted by molar-refractivity contribution is 1.15. The van der Waals surface area contributed by atoms with Gasteiger partial charge in [-0.3, -0.25) is 4.98 Å². The molecule has 0 saturated carbocycles. The van der Waals surface area contributed by atoms with Gasteiger partial charge in [-0.1, -0.05) is 6.08 Å². The van der Waals surface area contributed by atoms with Crippen molar-refractivity contribution < 1.29 is 0 Å². The summed E-state index contributed by atoms with van der Waals surface area (Å²) in [7, 11) is 0. The van der Waals surface area contributed by atoms with Gasteiger partial charge in [0.25, 0.3) is 0 Å². The van der Waals surface area contributed by atoms with Gasteiger partial charge in [-0.2, -0.15) is 0 Å². The maximum atomic E-state index is 5.65. The number of hydrogen-bond donors (Lipinski definition) is 1. The highest BCUT2D eigenvalue weighted by molar-refractivity contribution is 5.47. The molecular formula is C9H12N2. The maximum Gasteiger partial charge on any atom is 0.0533 e. The molecule has 0 aliphatic heterocycles. The van der Waals surface area contributed by atoms with Gasteiger partial charge in [-0.25, -0.2) is 0 Å². The Morgan fingerprint density at radius 3 is 3.00 bits per heavy atom. The van der Waals surface area contributed by atoms with E-state index in [9.17, 15) is 0 Å². The summed E-state index contributed by atoms with van der Waals surface area (Å²) >= 11 is 0. The number of anilines is 1. The molecule has 1 rings (SSSR count). The second-order valence-electron chi connectivity index (χ2n) is 2.51. The van der Waals surface area contributed by atoms with Crippen LogP contribution in [0.5, 0.6) is 0 Å². The zero-order valence-corrected chi connectivity index (χ0v) is 6.67. The third kappa shape index (κ3) is 1.58. The predicted molar refractivity (Wildman–Crippen MR) is 47.3 cm³/mol. The quantitative estimate of drug-likeness (QED) is 0.648. The molecule has 0 fully saturated rings. The minimum Gasteiger partial charge on any atom is -0.397 e. The van der Waals surface area contributed by atoms with Crippen LogP contribution in [0.15, 0.2) is 25.0 Å². The molecule has 2 nitrogen and oxygen atoms in total. The zero-order valence-electron chi connectivity index (χ0n) is 6.67. The third-order valence-electron chi connectivity index (χ3n) is 1.72. The fourth-order valence-electron chi connectivity index (χ4n) is 0.948. The van der Waals surface area contributed by atoms with E-state index >= 15 is 0 Å². The van der Waals surface area contributed by atoms with Crippen molar-refractivity contribution in [3.8, 4) is 0 Å². The topological polar surface area (TPSA) is 38.9 Å². The summed E-state index contributed by atoms with van der Waals surface area (Å²) in [4.78, 5) is 3.99. The van der Waals surface area contributed by atoms with E-state index in [2.05, 4.69) is 11.6 Å². The molecule has 1 aromatic heterocycles. The van der Waals surface area contributed by atoms with Crippen molar-refractivity contribution in [1.29, 1.82) is 0 Å². The second-order valence-corrected chi connectivity index (χ2v) is 2.51. The Hall–Kier alpha value is -1.31. The zero-order chi connectivity index (χ0) is 8.27. The van der Waals surface area contributed by atoms with Crippen molar-refractivity contribution in [1.82, 2.24) is 4.98 Å². The van der Waals surface area contributed by atoms with Gasteiger partial charge in [0, 0.05) is 6.20 Å². The van der Waals surface area contributed by atoms with Crippen LogP contribution in [0.2, 0.25) is 0 Å². The second kappa shape index (κ2) is 3.19. The van der Waals surface area contributed by atoms with Crippen molar-refractivity contribution in [3.63, 3.8) is 0 Å². The van der Waals surface area contributed by atoms with Crippen molar-refractivity contribution >= 4 is 5.69 Å². The Balaban J connectivity index is 3.05. The lowest BCUT2D eigenvalue weighted by Gasteiger charge is -2.03. The standard InChI is InChI=1S/C9H12N2/c1-3-4-8-5-11-6-9(10)7(8)2/h3,5-6H,1,4,10H2,2H3. The van der Waals surface area contributed by atoms with Crippen LogP contribution >= 0.6 is 0 Å². The fraction of sp³-hybridized carbons (Fsp3) is 0.222. The predicted octanol–water partition coefficient (Wildman–Crippen LogP) is 1.70. The van der Waals surface area contributed by atoms with Gasteiger partial charge >= 0.3 is 0 Å². The summed E-state index contributed by atoms with van der Waals surface area (Å²) in [6.45, 7) is 5.65. The number of allylic oxidation sites excluding steroid dienone is 1. The number of rotatable bonds is 2. The average Bonchev–Trinajstić information content (AvgIpc) is 1.99. The van der Waals surface area contributed by atoms with Gasteiger partial charge in [0.1, 0.15) is 0 Å². The molecule has 0 atom stereocenters. The molecule has 0 amide bonds. The minimum atomic E-state index is 0.754. The number of aromatic nitrogens is 1. The molecule has 1 aromatic rings. The Labute approximate surface area is 66.8 Å². The molecule has 0 aromatic carbocycles. The first kappa shape index (κ1) is 7.79. The third-order valence-corrected chi connectivity index (χ3v) is 1.72. The van der Waals surface area contributed by atoms with Crippen LogP contribution in [0.25, 0.3) is 0 Å². The van der Waals surface area contributed by atoms with Crippen LogP contribution in [0.4, 0.5) is 5.69 Å². The molecule has 2 heteroatoms. The van der Waals surface area contributed by atoms with Crippen LogP contribution in [-0.4, -0.2) is 4.98 Å². The van der Waals surface area contributed by atoms with Crippen LogP contribution in [-0.2, 0) is 6.42 Å². The van der Waals surface area contributed by atoms with E-state index in [-0.39, 0.29) is 0 Å². The van der Waals surface area contributed by atoms with E-state index in [1.807, 2.05) is 19.2 Å². The first-order valence-corrected chi connectivity index (χ1v) is 3.55. The summed E-state index contributed by atoms with van der Waals surface area (Å²) in [6.07, 6.45) is 6.18. The van der Waals surface area contributed by atoms with Gasteiger partial charge in [0.05, 0.1) is 11.9 Å². The molecule has 0 aliphatic carbocycles. The molecule has 0 bridgehead atoms. The maximum absolute atomic E-state index is 5.65. The molecule has 0 saturated heterocycles.